The van der Waals surface area contributed by atoms with Crippen LogP contribution in [0.4, 0.5) is 0 Å². The molecule has 23 heavy (non-hydrogen) atoms. The Morgan fingerprint density at radius 2 is 2.13 bits per heavy atom. The number of hydrogen-bond donors (Lipinski definition) is 2. The van der Waals surface area contributed by atoms with Crippen molar-refractivity contribution in [1.29, 1.82) is 0 Å². The number of nitrogens with one attached hydrogen (secondary N) is 1. The Hall–Kier alpha value is -2.04. The van der Waals surface area contributed by atoms with Crippen LogP contribution in [0, 0.1) is 5.41 Å². The Bertz CT molecular complexity index is 595. The van der Waals surface area contributed by atoms with Gasteiger partial charge in [0.25, 0.3) is 0 Å². The summed E-state index contributed by atoms with van der Waals surface area (Å²) < 4.78 is 5.26. The van der Waals surface area contributed by atoms with Gasteiger partial charge in [0.05, 0.1) is 12.5 Å². The molecule has 0 aromatic heterocycles. The van der Waals surface area contributed by atoms with E-state index in [1.165, 1.54) is 11.1 Å². The minimum absolute atomic E-state index is 0.0898. The fourth-order valence-corrected chi connectivity index (χ4v) is 2.92. The molecule has 1 aromatic carbocycles. The van der Waals surface area contributed by atoms with Crippen LogP contribution in [-0.4, -0.2) is 30.6 Å². The van der Waals surface area contributed by atoms with E-state index in [0.29, 0.717) is 6.42 Å². The lowest BCUT2D eigenvalue weighted by atomic mass is 9.81. The highest BCUT2D eigenvalue weighted by Gasteiger charge is 2.28. The van der Waals surface area contributed by atoms with E-state index in [1.807, 2.05) is 18.2 Å². The Kier molecular flexibility index (Phi) is 5.29. The molecule has 1 aliphatic rings. The number of benzene rings is 1. The monoisotopic (exact) mass is 319 g/mol. The van der Waals surface area contributed by atoms with Crippen LogP contribution in [0.1, 0.15) is 50.2 Å². The van der Waals surface area contributed by atoms with Crippen LogP contribution >= 0.6 is 0 Å². The van der Waals surface area contributed by atoms with Gasteiger partial charge in [-0.15, -0.1) is 0 Å². The minimum atomic E-state index is -0.951. The number of carboxylic acid groups (broad SMARTS) is 1. The molecule has 0 fully saturated rings. The maximum Gasteiger partial charge on any atom is 0.310 e. The van der Waals surface area contributed by atoms with Gasteiger partial charge >= 0.3 is 5.97 Å². The Morgan fingerprint density at radius 3 is 2.78 bits per heavy atom. The maximum absolute atomic E-state index is 12.2. The van der Waals surface area contributed by atoms with E-state index in [9.17, 15) is 9.59 Å². The van der Waals surface area contributed by atoms with Crippen LogP contribution in [-0.2, 0) is 16.0 Å². The quantitative estimate of drug-likeness (QED) is 0.845. The summed E-state index contributed by atoms with van der Waals surface area (Å²) in [7, 11) is 1.65. The lowest BCUT2D eigenvalue weighted by molar-refractivity contribution is -0.146. The van der Waals surface area contributed by atoms with Crippen molar-refractivity contribution in [3.63, 3.8) is 0 Å². The second-order valence-electron chi connectivity index (χ2n) is 6.82. The predicted octanol–water partition coefficient (Wildman–Crippen LogP) is 2.73. The van der Waals surface area contributed by atoms with E-state index in [2.05, 4.69) is 5.32 Å². The largest absolute Gasteiger partial charge is 0.497 e. The molecule has 2 N–H and O–H groups in total. The Morgan fingerprint density at radius 1 is 1.39 bits per heavy atom. The molecule has 0 radical (unpaired) electrons. The highest BCUT2D eigenvalue weighted by Crippen LogP contribution is 2.35. The van der Waals surface area contributed by atoms with Crippen molar-refractivity contribution in [2.45, 2.75) is 45.4 Å². The second-order valence-corrected chi connectivity index (χ2v) is 6.82. The van der Waals surface area contributed by atoms with Gasteiger partial charge < -0.3 is 15.2 Å². The third-order valence-corrected chi connectivity index (χ3v) is 4.53. The van der Waals surface area contributed by atoms with Gasteiger partial charge in [0.15, 0.2) is 0 Å². The third kappa shape index (κ3) is 4.24. The smallest absolute Gasteiger partial charge is 0.310 e. The van der Waals surface area contributed by atoms with E-state index in [0.717, 1.165) is 25.0 Å². The van der Waals surface area contributed by atoms with Gasteiger partial charge in [-0.25, -0.2) is 0 Å². The number of aliphatic carboxylic acids is 1. The van der Waals surface area contributed by atoms with Crippen LogP contribution in [0.2, 0.25) is 0 Å². The molecule has 0 bridgehead atoms. The number of hydrogen-bond acceptors (Lipinski definition) is 3. The highest BCUT2D eigenvalue weighted by atomic mass is 16.5. The number of carbonyl (C=O) groups is 2. The molecule has 1 atom stereocenters. The molecule has 1 aliphatic carbocycles. The van der Waals surface area contributed by atoms with Crippen LogP contribution in [0.3, 0.4) is 0 Å². The molecule has 0 saturated carbocycles. The van der Waals surface area contributed by atoms with Crippen molar-refractivity contribution in [1.82, 2.24) is 5.32 Å². The summed E-state index contributed by atoms with van der Waals surface area (Å²) in [6.45, 7) is 3.36. The summed E-state index contributed by atoms with van der Waals surface area (Å²) in [5.74, 6) is 0.0376. The highest BCUT2D eigenvalue weighted by molar-refractivity contribution is 5.79. The van der Waals surface area contributed by atoms with E-state index >= 15 is 0 Å². The molecule has 0 unspecified atom stereocenters. The Labute approximate surface area is 137 Å². The molecule has 5 heteroatoms. The molecule has 1 amide bonds. The van der Waals surface area contributed by atoms with Crippen molar-refractivity contribution in [2.24, 2.45) is 5.41 Å². The molecule has 1 aromatic rings. The molecular formula is C18H25NO4. The van der Waals surface area contributed by atoms with Crippen LogP contribution < -0.4 is 10.1 Å². The number of amides is 1. The topological polar surface area (TPSA) is 75.6 Å². The van der Waals surface area contributed by atoms with Crippen LogP contribution in [0.15, 0.2) is 18.2 Å². The molecule has 5 nitrogen and oxygen atoms in total. The zero-order valence-corrected chi connectivity index (χ0v) is 14.0. The Balaban J connectivity index is 1.99. The number of carbonyl (C=O) groups excluding carboxylic acids is 1. The molecular weight excluding hydrogens is 294 g/mol. The number of methoxy groups -OCH3 is 1. The molecule has 126 valence electrons. The zero-order chi connectivity index (χ0) is 17.0. The van der Waals surface area contributed by atoms with E-state index < -0.39 is 11.4 Å². The first-order valence-electron chi connectivity index (χ1n) is 8.00. The van der Waals surface area contributed by atoms with Crippen molar-refractivity contribution < 1.29 is 19.4 Å². The average molecular weight is 319 g/mol. The fourth-order valence-electron chi connectivity index (χ4n) is 2.92. The number of aryl methyl sites for hydroxylation is 1. The second kappa shape index (κ2) is 7.02. The summed E-state index contributed by atoms with van der Waals surface area (Å²) in [6.07, 6.45) is 3.44. The zero-order valence-electron chi connectivity index (χ0n) is 14.0. The van der Waals surface area contributed by atoms with E-state index in [1.54, 1.807) is 21.0 Å². The van der Waals surface area contributed by atoms with E-state index in [4.69, 9.17) is 9.84 Å². The molecule has 0 saturated heterocycles. The van der Waals surface area contributed by atoms with Crippen molar-refractivity contribution in [3.8, 4) is 5.75 Å². The normalized spacial score (nSPS) is 17.3. The van der Waals surface area contributed by atoms with Gasteiger partial charge in [-0.2, -0.15) is 0 Å². The predicted molar refractivity (Wildman–Crippen MR) is 87.7 cm³/mol. The lowest BCUT2D eigenvalue weighted by Gasteiger charge is -2.26. The summed E-state index contributed by atoms with van der Waals surface area (Å²) in [5, 5.41) is 11.9. The van der Waals surface area contributed by atoms with Gasteiger partial charge in [0.2, 0.25) is 5.91 Å². The summed E-state index contributed by atoms with van der Waals surface area (Å²) >= 11 is 0. The van der Waals surface area contributed by atoms with Crippen LogP contribution in [0.5, 0.6) is 5.75 Å². The van der Waals surface area contributed by atoms with Gasteiger partial charge in [0, 0.05) is 13.0 Å². The first-order chi connectivity index (χ1) is 10.8. The SMILES string of the molecule is COc1ccc2c(c1)CCC[C@@H]2CC(=O)NCC(C)(C)C(=O)O. The standard InChI is InChI=1S/C18H25NO4/c1-18(2,17(21)22)11-19-16(20)10-13-6-4-5-12-9-14(23-3)7-8-15(12)13/h7-9,13H,4-6,10-11H2,1-3H3,(H,19,20)(H,21,22)/t13-/m1/s1. The minimum Gasteiger partial charge on any atom is -0.497 e. The number of ether oxygens (including phenoxy) is 1. The number of fused-ring (bicyclic) bond motifs is 1. The number of rotatable bonds is 6. The summed E-state index contributed by atoms with van der Waals surface area (Å²) in [4.78, 5) is 23.3. The maximum atomic E-state index is 12.2. The average Bonchev–Trinajstić information content (AvgIpc) is 2.52. The first-order valence-corrected chi connectivity index (χ1v) is 8.00. The van der Waals surface area contributed by atoms with Gasteiger partial charge in [-0.1, -0.05) is 6.07 Å². The van der Waals surface area contributed by atoms with Gasteiger partial charge in [0.1, 0.15) is 5.75 Å². The fraction of sp³-hybridized carbons (Fsp3) is 0.556. The van der Waals surface area contributed by atoms with Crippen molar-refractivity contribution in [3.05, 3.63) is 29.3 Å². The summed E-state index contributed by atoms with van der Waals surface area (Å²) in [6, 6.07) is 6.03. The first kappa shape index (κ1) is 17.3. The molecule has 2 rings (SSSR count). The molecule has 0 spiro atoms. The lowest BCUT2D eigenvalue weighted by Crippen LogP contribution is -2.39. The van der Waals surface area contributed by atoms with Gasteiger partial charge in [-0.05, 0) is 62.3 Å². The van der Waals surface area contributed by atoms with Gasteiger partial charge in [-0.3, -0.25) is 9.59 Å². The number of carboxylic acids is 1. The molecule has 0 aliphatic heterocycles. The molecule has 0 heterocycles. The third-order valence-electron chi connectivity index (χ3n) is 4.53. The van der Waals surface area contributed by atoms with E-state index in [-0.39, 0.29) is 18.4 Å². The van der Waals surface area contributed by atoms with Crippen LogP contribution in [0.25, 0.3) is 0 Å². The summed E-state index contributed by atoms with van der Waals surface area (Å²) in [5.41, 5.74) is 1.51. The van der Waals surface area contributed by atoms with Crippen molar-refractivity contribution in [2.75, 3.05) is 13.7 Å². The van der Waals surface area contributed by atoms with Crippen molar-refractivity contribution >= 4 is 11.9 Å².